The van der Waals surface area contributed by atoms with Gasteiger partial charge in [-0.15, -0.1) is 0 Å². The third-order valence-electron chi connectivity index (χ3n) is 6.52. The van der Waals surface area contributed by atoms with Crippen LogP contribution in [0.1, 0.15) is 11.1 Å². The maximum absolute atomic E-state index is 13.8. The second-order valence-electron chi connectivity index (χ2n) is 8.07. The molecule has 3 aliphatic heterocycles. The van der Waals surface area contributed by atoms with Gasteiger partial charge in [-0.1, -0.05) is 15.9 Å². The van der Waals surface area contributed by atoms with E-state index in [0.29, 0.717) is 14.3 Å². The fourth-order valence-electron chi connectivity index (χ4n) is 4.91. The smallest absolute Gasteiger partial charge is 0.333 e. The van der Waals surface area contributed by atoms with Gasteiger partial charge in [0.05, 0.1) is 0 Å². The lowest BCUT2D eigenvalue weighted by atomic mass is 9.63. The number of nitrogens with one attached hydrogen (secondary N) is 1. The predicted molar refractivity (Wildman–Crippen MR) is 115 cm³/mol. The summed E-state index contributed by atoms with van der Waals surface area (Å²) in [5.74, 6) is -3.54. The third-order valence-corrected chi connectivity index (χ3v) is 7.02. The van der Waals surface area contributed by atoms with Gasteiger partial charge in [-0.05, 0) is 18.2 Å². The number of hydrogen-bond acceptors (Lipinski definition) is 7. The SMILES string of the molecule is CN1C(=O)N(C)C(=O)C2(Oc3c(c(=O)n(C)c(=O)n3C)C23C(=O)Nc2ccc(Br)cc23)C1=O. The molecule has 5 rings (SSSR count). The van der Waals surface area contributed by atoms with Crippen molar-refractivity contribution in [2.45, 2.75) is 11.0 Å². The zero-order chi connectivity index (χ0) is 24.2. The van der Waals surface area contributed by atoms with Crippen LogP contribution in [-0.4, -0.2) is 62.4 Å². The predicted octanol–water partition coefficient (Wildman–Crippen LogP) is -0.734. The largest absolute Gasteiger partial charge is 0.449 e. The highest BCUT2D eigenvalue weighted by molar-refractivity contribution is 9.10. The molecular weight excluding hydrogens is 502 g/mol. The van der Waals surface area contributed by atoms with Crippen molar-refractivity contribution < 1.29 is 23.9 Å². The molecule has 0 radical (unpaired) electrons. The number of aromatic nitrogens is 2. The number of imide groups is 2. The first-order chi connectivity index (χ1) is 15.4. The molecule has 2 aromatic rings. The lowest BCUT2D eigenvalue weighted by molar-refractivity contribution is -0.170. The highest BCUT2D eigenvalue weighted by Crippen LogP contribution is 2.58. The van der Waals surface area contributed by atoms with Crippen molar-refractivity contribution in [2.24, 2.45) is 14.1 Å². The van der Waals surface area contributed by atoms with E-state index < -0.39 is 51.9 Å². The Morgan fingerprint density at radius 2 is 1.52 bits per heavy atom. The molecule has 1 aromatic carbocycles. The maximum Gasteiger partial charge on any atom is 0.333 e. The number of amides is 5. The summed E-state index contributed by atoms with van der Waals surface area (Å²) in [4.78, 5) is 81.1. The number of benzene rings is 1. The van der Waals surface area contributed by atoms with Gasteiger partial charge in [0.25, 0.3) is 23.0 Å². The Labute approximate surface area is 193 Å². The molecule has 4 heterocycles. The molecule has 1 N–H and O–H groups in total. The minimum absolute atomic E-state index is 0.120. The molecule has 5 amide bonds. The summed E-state index contributed by atoms with van der Waals surface area (Å²) in [5, 5.41) is 2.63. The Morgan fingerprint density at radius 3 is 2.12 bits per heavy atom. The highest BCUT2D eigenvalue weighted by atomic mass is 79.9. The van der Waals surface area contributed by atoms with Crippen molar-refractivity contribution in [2.75, 3.05) is 19.4 Å². The van der Waals surface area contributed by atoms with Crippen molar-refractivity contribution in [1.29, 1.82) is 0 Å². The van der Waals surface area contributed by atoms with Gasteiger partial charge in [-0.3, -0.25) is 38.1 Å². The summed E-state index contributed by atoms with van der Waals surface area (Å²) >= 11 is 3.33. The van der Waals surface area contributed by atoms with E-state index in [9.17, 15) is 28.8 Å². The molecule has 1 atom stereocenters. The van der Waals surface area contributed by atoms with Crippen LogP contribution in [0.5, 0.6) is 5.88 Å². The lowest BCUT2D eigenvalue weighted by Crippen LogP contribution is -2.76. The van der Waals surface area contributed by atoms with Crippen molar-refractivity contribution >= 4 is 45.4 Å². The van der Waals surface area contributed by atoms with Crippen molar-refractivity contribution in [3.8, 4) is 5.88 Å². The topological polar surface area (TPSA) is 140 Å². The van der Waals surface area contributed by atoms with Gasteiger partial charge < -0.3 is 10.1 Å². The number of fused-ring (bicyclic) bond motifs is 5. The van der Waals surface area contributed by atoms with Gasteiger partial charge in [0, 0.05) is 43.9 Å². The fraction of sp³-hybridized carbons (Fsp3) is 0.300. The van der Waals surface area contributed by atoms with Crippen LogP contribution in [0.15, 0.2) is 32.3 Å². The van der Waals surface area contributed by atoms with Crippen LogP contribution in [0, 0.1) is 0 Å². The molecule has 1 unspecified atom stereocenters. The summed E-state index contributed by atoms with van der Waals surface area (Å²) in [6.07, 6.45) is 0. The van der Waals surface area contributed by atoms with Crippen molar-refractivity contribution in [3.63, 3.8) is 0 Å². The van der Waals surface area contributed by atoms with Gasteiger partial charge >= 0.3 is 11.7 Å². The number of barbiturate groups is 1. The summed E-state index contributed by atoms with van der Waals surface area (Å²) in [6.45, 7) is 0. The minimum atomic E-state index is -2.68. The number of rotatable bonds is 0. The van der Waals surface area contributed by atoms with Crippen LogP contribution < -0.4 is 21.3 Å². The first kappa shape index (κ1) is 21.1. The van der Waals surface area contributed by atoms with Crippen molar-refractivity contribution in [3.05, 3.63) is 54.6 Å². The monoisotopic (exact) mass is 517 g/mol. The Hall–Kier alpha value is -3.74. The fourth-order valence-corrected chi connectivity index (χ4v) is 5.27. The maximum atomic E-state index is 13.8. The van der Waals surface area contributed by atoms with E-state index in [4.69, 9.17) is 4.74 Å². The number of nitrogens with zero attached hydrogens (tertiary/aromatic N) is 4. The van der Waals surface area contributed by atoms with Gasteiger partial charge in [-0.25, -0.2) is 9.59 Å². The molecule has 3 aliphatic rings. The Kier molecular flexibility index (Phi) is 3.96. The summed E-state index contributed by atoms with van der Waals surface area (Å²) < 4.78 is 8.15. The number of hydrogen-bond donors (Lipinski definition) is 1. The number of likely N-dealkylation sites (N-methyl/N-ethyl adjacent to an activating group) is 2. The molecule has 12 nitrogen and oxygen atoms in total. The van der Waals surface area contributed by atoms with Gasteiger partial charge in [0.15, 0.2) is 5.41 Å². The van der Waals surface area contributed by atoms with E-state index in [0.717, 1.165) is 23.2 Å². The zero-order valence-electron chi connectivity index (χ0n) is 17.8. The quantitative estimate of drug-likeness (QED) is 0.454. The lowest BCUT2D eigenvalue weighted by Gasteiger charge is -2.44. The van der Waals surface area contributed by atoms with Gasteiger partial charge in [0.2, 0.25) is 11.8 Å². The molecule has 33 heavy (non-hydrogen) atoms. The van der Waals surface area contributed by atoms with Crippen LogP contribution in [0.2, 0.25) is 0 Å². The number of carbonyl (C=O) groups is 4. The molecule has 1 fully saturated rings. The average molecular weight is 518 g/mol. The first-order valence-electron chi connectivity index (χ1n) is 9.64. The number of ether oxygens (including phenoxy) is 1. The van der Waals surface area contributed by atoms with Crippen LogP contribution in [0.4, 0.5) is 10.5 Å². The van der Waals surface area contributed by atoms with E-state index >= 15 is 0 Å². The van der Waals surface area contributed by atoms with Crippen LogP contribution in [0.25, 0.3) is 0 Å². The molecule has 0 bridgehead atoms. The van der Waals surface area contributed by atoms with Gasteiger partial charge in [-0.2, -0.15) is 0 Å². The minimum Gasteiger partial charge on any atom is -0.449 e. The molecule has 1 aromatic heterocycles. The number of urea groups is 1. The summed E-state index contributed by atoms with van der Waals surface area (Å²) in [7, 11) is 4.78. The van der Waals surface area contributed by atoms with Crippen LogP contribution >= 0.6 is 15.9 Å². The molecule has 2 spiro atoms. The number of halogens is 1. The Balaban J connectivity index is 2.04. The van der Waals surface area contributed by atoms with E-state index in [1.807, 2.05) is 0 Å². The molecule has 0 aliphatic carbocycles. The highest BCUT2D eigenvalue weighted by Gasteiger charge is 2.80. The average Bonchev–Trinajstić information content (AvgIpc) is 3.27. The second-order valence-corrected chi connectivity index (χ2v) is 8.99. The van der Waals surface area contributed by atoms with Crippen LogP contribution in [-0.2, 0) is 33.9 Å². The normalized spacial score (nSPS) is 22.7. The first-order valence-corrected chi connectivity index (χ1v) is 10.4. The molecular formula is C20H16BrN5O7. The molecule has 1 saturated heterocycles. The van der Waals surface area contributed by atoms with Crippen LogP contribution in [0.3, 0.4) is 0 Å². The second kappa shape index (κ2) is 6.19. The Bertz CT molecular complexity index is 1450. The summed E-state index contributed by atoms with van der Waals surface area (Å²) in [6, 6.07) is 3.74. The zero-order valence-corrected chi connectivity index (χ0v) is 19.3. The Morgan fingerprint density at radius 1 is 0.909 bits per heavy atom. The molecule has 13 heteroatoms. The molecule has 0 saturated carbocycles. The van der Waals surface area contributed by atoms with E-state index in [-0.39, 0.29) is 16.8 Å². The number of carbonyl (C=O) groups excluding carboxylic acids is 4. The van der Waals surface area contributed by atoms with E-state index in [2.05, 4.69) is 21.2 Å². The van der Waals surface area contributed by atoms with Gasteiger partial charge in [0.1, 0.15) is 5.56 Å². The molecule has 170 valence electrons. The standard InChI is InChI=1S/C20H16BrN5O7/c1-23-12(27)11-13(24(2)17(23)31)33-20(15(29)25(3)18(32)26(4)16(20)30)19(11)9-7-8(21)5-6-10(9)22-14(19)28/h5-7H,1-4H3,(H,22,28). The number of anilines is 1. The summed E-state index contributed by atoms with van der Waals surface area (Å²) in [5.41, 5.74) is -6.66. The van der Waals surface area contributed by atoms with E-state index in [1.54, 1.807) is 12.1 Å². The van der Waals surface area contributed by atoms with Crippen molar-refractivity contribution in [1.82, 2.24) is 18.9 Å². The van der Waals surface area contributed by atoms with E-state index in [1.165, 1.54) is 20.2 Å². The third kappa shape index (κ3) is 2.06.